The minimum absolute atomic E-state index is 0.217. The van der Waals surface area contributed by atoms with Crippen molar-refractivity contribution >= 4 is 33.7 Å². The lowest BCUT2D eigenvalue weighted by atomic mass is 10.3. The largest absolute Gasteiger partial charge is 0.399 e. The molecule has 11 heavy (non-hydrogen) atoms. The van der Waals surface area contributed by atoms with E-state index < -0.39 is 23.5 Å². The van der Waals surface area contributed by atoms with Crippen LogP contribution < -0.4 is 0 Å². The molecule has 0 saturated heterocycles. The van der Waals surface area contributed by atoms with E-state index in [9.17, 15) is 13.2 Å². The highest BCUT2D eigenvalue weighted by molar-refractivity contribution is 6.48. The van der Waals surface area contributed by atoms with Gasteiger partial charge in [0.1, 0.15) is 10.5 Å². The molecule has 0 aliphatic heterocycles. The Morgan fingerprint density at radius 1 is 1.18 bits per heavy atom. The van der Waals surface area contributed by atoms with E-state index >= 15 is 0 Å². The van der Waals surface area contributed by atoms with E-state index in [1.807, 2.05) is 0 Å². The van der Waals surface area contributed by atoms with E-state index in [2.05, 4.69) is 4.43 Å². The van der Waals surface area contributed by atoms with E-state index in [0.717, 1.165) is 0 Å². The van der Waals surface area contributed by atoms with Gasteiger partial charge in [-0.25, -0.2) is 0 Å². The Labute approximate surface area is 75.3 Å². The minimum atomic E-state index is -4.23. The summed E-state index contributed by atoms with van der Waals surface area (Å²) in [6.07, 6.45) is -5.68. The Kier molecular flexibility index (Phi) is 4.17. The van der Waals surface area contributed by atoms with Crippen molar-refractivity contribution in [2.75, 3.05) is 0 Å². The molecule has 0 fully saturated rings. The number of hydrogen-bond acceptors (Lipinski definition) is 1. The molecule has 0 heterocycles. The number of halogens is 5. The summed E-state index contributed by atoms with van der Waals surface area (Å²) < 4.78 is 37.5. The molecule has 0 radical (unpaired) electrons. The summed E-state index contributed by atoms with van der Waals surface area (Å²) in [6, 6.07) is 0. The third-order valence-corrected chi connectivity index (χ3v) is 2.90. The van der Waals surface area contributed by atoms with Gasteiger partial charge in [0.25, 0.3) is 0 Å². The fourth-order valence-corrected chi connectivity index (χ4v) is 0.782. The molecular formula is C4H7Cl2F3OSi. The first-order valence-corrected chi connectivity index (χ1v) is 4.34. The van der Waals surface area contributed by atoms with E-state index in [1.165, 1.54) is 0 Å². The Hall–Kier alpha value is 0.547. The summed E-state index contributed by atoms with van der Waals surface area (Å²) in [5.74, 6) is 0. The summed E-state index contributed by atoms with van der Waals surface area (Å²) in [4.78, 5) is 0. The monoisotopic (exact) mass is 226 g/mol. The normalized spacial score (nSPS) is 13.9. The lowest BCUT2D eigenvalue weighted by Crippen LogP contribution is -2.20. The Balaban J connectivity index is 3.70. The van der Waals surface area contributed by atoms with Crippen LogP contribution in [0.25, 0.3) is 0 Å². The highest BCUT2D eigenvalue weighted by Crippen LogP contribution is 2.32. The second-order valence-electron chi connectivity index (χ2n) is 1.96. The standard InChI is InChI=1S/C4H7Cl2F3OSi/c5-3(6,10-11)1-2-4(7,8)9/h1-2H2,11H3. The molecule has 0 N–H and O–H groups in total. The summed E-state index contributed by atoms with van der Waals surface area (Å²) in [6.45, 7) is 0. The summed E-state index contributed by atoms with van der Waals surface area (Å²) in [7, 11) is 0.217. The predicted molar refractivity (Wildman–Crippen MR) is 40.8 cm³/mol. The molecular weight excluding hydrogens is 220 g/mol. The van der Waals surface area contributed by atoms with Crippen molar-refractivity contribution in [3.63, 3.8) is 0 Å². The molecule has 0 rings (SSSR count). The molecule has 0 aromatic heterocycles. The first-order valence-electron chi connectivity index (χ1n) is 2.76. The fourth-order valence-electron chi connectivity index (χ4n) is 0.389. The number of alkyl halides is 5. The van der Waals surface area contributed by atoms with Gasteiger partial charge < -0.3 is 4.43 Å². The molecule has 0 amide bonds. The van der Waals surface area contributed by atoms with Gasteiger partial charge in [-0.05, 0) is 0 Å². The topological polar surface area (TPSA) is 9.23 Å². The van der Waals surface area contributed by atoms with Crippen LogP contribution >= 0.6 is 23.2 Å². The van der Waals surface area contributed by atoms with Gasteiger partial charge in [0, 0.05) is 12.8 Å². The molecule has 0 aliphatic rings. The van der Waals surface area contributed by atoms with Gasteiger partial charge in [-0.1, -0.05) is 23.2 Å². The maximum Gasteiger partial charge on any atom is 0.389 e. The van der Waals surface area contributed by atoms with E-state index in [-0.39, 0.29) is 10.5 Å². The molecule has 0 atom stereocenters. The van der Waals surface area contributed by atoms with Crippen LogP contribution in [-0.4, -0.2) is 21.2 Å². The molecule has 7 heteroatoms. The van der Waals surface area contributed by atoms with E-state index in [4.69, 9.17) is 23.2 Å². The Bertz CT molecular complexity index is 127. The molecule has 0 aromatic carbocycles. The van der Waals surface area contributed by atoms with Crippen molar-refractivity contribution in [2.45, 2.75) is 23.5 Å². The van der Waals surface area contributed by atoms with Crippen LogP contribution in [0.1, 0.15) is 12.8 Å². The maximum atomic E-state index is 11.6. The van der Waals surface area contributed by atoms with Crippen LogP contribution in [0.4, 0.5) is 13.2 Å². The SMILES string of the molecule is FC(F)(F)CCC(Cl)(Cl)O[SiH3]. The average Bonchev–Trinajstić information content (AvgIpc) is 1.83. The quantitative estimate of drug-likeness (QED) is 0.527. The predicted octanol–water partition coefficient (Wildman–Crippen LogP) is 1.76. The van der Waals surface area contributed by atoms with Crippen molar-refractivity contribution in [3.05, 3.63) is 0 Å². The number of rotatable bonds is 3. The van der Waals surface area contributed by atoms with Crippen molar-refractivity contribution in [1.29, 1.82) is 0 Å². The van der Waals surface area contributed by atoms with Crippen LogP contribution in [0.15, 0.2) is 0 Å². The van der Waals surface area contributed by atoms with E-state index in [0.29, 0.717) is 0 Å². The van der Waals surface area contributed by atoms with Crippen LogP contribution in [0.5, 0.6) is 0 Å². The molecule has 0 aromatic rings. The van der Waals surface area contributed by atoms with Crippen molar-refractivity contribution in [2.24, 2.45) is 0 Å². The summed E-state index contributed by atoms with van der Waals surface area (Å²) >= 11 is 10.6. The first-order chi connectivity index (χ1) is 4.77. The van der Waals surface area contributed by atoms with Crippen LogP contribution in [0.2, 0.25) is 0 Å². The van der Waals surface area contributed by atoms with Gasteiger partial charge in [0.2, 0.25) is 4.52 Å². The van der Waals surface area contributed by atoms with Crippen molar-refractivity contribution in [3.8, 4) is 0 Å². The highest BCUT2D eigenvalue weighted by atomic mass is 35.5. The molecule has 1 nitrogen and oxygen atoms in total. The van der Waals surface area contributed by atoms with E-state index in [1.54, 1.807) is 0 Å². The lowest BCUT2D eigenvalue weighted by molar-refractivity contribution is -0.138. The van der Waals surface area contributed by atoms with Gasteiger partial charge in [-0.15, -0.1) is 0 Å². The zero-order valence-electron chi connectivity index (χ0n) is 5.71. The third kappa shape index (κ3) is 6.93. The Morgan fingerprint density at radius 3 is 1.91 bits per heavy atom. The van der Waals surface area contributed by atoms with Crippen LogP contribution in [0.3, 0.4) is 0 Å². The molecule has 0 bridgehead atoms. The lowest BCUT2D eigenvalue weighted by Gasteiger charge is -2.18. The molecule has 0 saturated carbocycles. The van der Waals surface area contributed by atoms with Crippen molar-refractivity contribution in [1.82, 2.24) is 0 Å². The zero-order chi connectivity index (χ0) is 9.12. The van der Waals surface area contributed by atoms with Crippen molar-refractivity contribution < 1.29 is 17.6 Å². The zero-order valence-corrected chi connectivity index (χ0v) is 9.22. The summed E-state index contributed by atoms with van der Waals surface area (Å²) in [5.41, 5.74) is 0. The molecule has 68 valence electrons. The third-order valence-electron chi connectivity index (χ3n) is 0.998. The fraction of sp³-hybridized carbons (Fsp3) is 1.00. The first kappa shape index (κ1) is 11.5. The van der Waals surface area contributed by atoms with Gasteiger partial charge in [-0.3, -0.25) is 0 Å². The van der Waals surface area contributed by atoms with Crippen LogP contribution in [-0.2, 0) is 4.43 Å². The Morgan fingerprint density at radius 2 is 1.64 bits per heavy atom. The van der Waals surface area contributed by atoms with Gasteiger partial charge in [0.15, 0.2) is 0 Å². The second-order valence-corrected chi connectivity index (χ2v) is 3.78. The molecule has 0 unspecified atom stereocenters. The minimum Gasteiger partial charge on any atom is -0.399 e. The smallest absolute Gasteiger partial charge is 0.389 e. The van der Waals surface area contributed by atoms with Crippen LogP contribution in [0, 0.1) is 0 Å². The average molecular weight is 227 g/mol. The second kappa shape index (κ2) is 3.98. The number of hydrogen-bond donors (Lipinski definition) is 0. The highest BCUT2D eigenvalue weighted by Gasteiger charge is 2.33. The molecule has 0 spiro atoms. The van der Waals surface area contributed by atoms with Gasteiger partial charge >= 0.3 is 6.18 Å². The summed E-state index contributed by atoms with van der Waals surface area (Å²) in [5, 5.41) is 0. The van der Waals surface area contributed by atoms with Gasteiger partial charge in [-0.2, -0.15) is 13.2 Å². The maximum absolute atomic E-state index is 11.6. The van der Waals surface area contributed by atoms with Gasteiger partial charge in [0.05, 0.1) is 0 Å². The molecule has 0 aliphatic carbocycles.